The fourth-order valence-electron chi connectivity index (χ4n) is 2.80. The molecule has 6 heteroatoms. The van der Waals surface area contributed by atoms with Crippen molar-refractivity contribution in [1.82, 2.24) is 4.98 Å². The summed E-state index contributed by atoms with van der Waals surface area (Å²) in [7, 11) is 1.60. The molecule has 0 unspecified atom stereocenters. The maximum absolute atomic E-state index is 12.1. The molecule has 0 spiro atoms. The topological polar surface area (TPSA) is 73.6 Å². The predicted molar refractivity (Wildman–Crippen MR) is 107 cm³/mol. The molecule has 0 bridgehead atoms. The van der Waals surface area contributed by atoms with E-state index >= 15 is 0 Å². The zero-order valence-corrected chi connectivity index (χ0v) is 15.2. The van der Waals surface area contributed by atoms with Crippen LogP contribution in [0, 0.1) is 0 Å². The molecule has 28 heavy (non-hydrogen) atoms. The van der Waals surface area contributed by atoms with E-state index in [1.807, 2.05) is 42.5 Å². The van der Waals surface area contributed by atoms with Gasteiger partial charge in [0.25, 0.3) is 5.91 Å². The van der Waals surface area contributed by atoms with Gasteiger partial charge in [-0.05, 0) is 36.4 Å². The van der Waals surface area contributed by atoms with Gasteiger partial charge in [-0.3, -0.25) is 4.79 Å². The average molecular weight is 374 g/mol. The summed E-state index contributed by atoms with van der Waals surface area (Å²) in [6.07, 6.45) is 0. The molecule has 0 saturated heterocycles. The van der Waals surface area contributed by atoms with Gasteiger partial charge in [0.1, 0.15) is 17.0 Å². The van der Waals surface area contributed by atoms with Crippen molar-refractivity contribution in [2.24, 2.45) is 0 Å². The molecule has 4 rings (SSSR count). The minimum Gasteiger partial charge on any atom is -0.496 e. The molecule has 0 radical (unpaired) electrons. The third-order valence-corrected chi connectivity index (χ3v) is 4.12. The minimum absolute atomic E-state index is 0.0785. The van der Waals surface area contributed by atoms with Crippen molar-refractivity contribution in [3.63, 3.8) is 0 Å². The second-order valence-electron chi connectivity index (χ2n) is 6.05. The van der Waals surface area contributed by atoms with Crippen LogP contribution in [0.3, 0.4) is 0 Å². The Bertz CT molecular complexity index is 1110. The normalized spacial score (nSPS) is 10.6. The molecule has 1 heterocycles. The molecule has 0 aliphatic heterocycles. The number of hydrogen-bond acceptors (Lipinski definition) is 5. The number of nitrogens with one attached hydrogen (secondary N) is 1. The summed E-state index contributed by atoms with van der Waals surface area (Å²) in [6.45, 7) is -0.0785. The van der Waals surface area contributed by atoms with Crippen LogP contribution in [0.5, 0.6) is 11.5 Å². The number of anilines is 1. The van der Waals surface area contributed by atoms with E-state index in [4.69, 9.17) is 13.9 Å². The monoisotopic (exact) mass is 374 g/mol. The molecule has 0 fully saturated rings. The predicted octanol–water partition coefficient (Wildman–Crippen LogP) is 4.52. The lowest BCUT2D eigenvalue weighted by Gasteiger charge is -2.07. The Kier molecular flexibility index (Phi) is 4.93. The summed E-state index contributed by atoms with van der Waals surface area (Å²) in [5.41, 5.74) is 2.64. The van der Waals surface area contributed by atoms with Gasteiger partial charge in [-0.25, -0.2) is 4.98 Å². The van der Waals surface area contributed by atoms with E-state index in [0.717, 1.165) is 5.56 Å². The van der Waals surface area contributed by atoms with Gasteiger partial charge in [-0.1, -0.05) is 30.3 Å². The number of ether oxygens (including phenoxy) is 2. The van der Waals surface area contributed by atoms with Crippen molar-refractivity contribution >= 4 is 22.7 Å². The molecule has 140 valence electrons. The first-order valence-electron chi connectivity index (χ1n) is 8.74. The van der Waals surface area contributed by atoms with Crippen molar-refractivity contribution in [3.05, 3.63) is 72.8 Å². The SMILES string of the molecule is COc1ccccc1-c1nc2ccc(NC(=O)COc3ccccc3)cc2o1. The number of oxazole rings is 1. The number of fused-ring (bicyclic) bond motifs is 1. The number of amides is 1. The molecule has 0 aliphatic carbocycles. The third kappa shape index (κ3) is 3.81. The Balaban J connectivity index is 1.49. The molecule has 1 N–H and O–H groups in total. The first-order valence-corrected chi connectivity index (χ1v) is 8.74. The molecule has 0 saturated carbocycles. The third-order valence-electron chi connectivity index (χ3n) is 4.12. The number of aromatic nitrogens is 1. The van der Waals surface area contributed by atoms with Gasteiger partial charge in [-0.2, -0.15) is 0 Å². The summed E-state index contributed by atoms with van der Waals surface area (Å²) >= 11 is 0. The Labute approximate surface area is 161 Å². The minimum atomic E-state index is -0.257. The van der Waals surface area contributed by atoms with Crippen LogP contribution in [-0.2, 0) is 4.79 Å². The van der Waals surface area contributed by atoms with Gasteiger partial charge in [-0.15, -0.1) is 0 Å². The van der Waals surface area contributed by atoms with E-state index in [-0.39, 0.29) is 12.5 Å². The highest BCUT2D eigenvalue weighted by molar-refractivity contribution is 5.94. The number of carbonyl (C=O) groups is 1. The quantitative estimate of drug-likeness (QED) is 0.537. The van der Waals surface area contributed by atoms with Gasteiger partial charge >= 0.3 is 0 Å². The Hall–Kier alpha value is -3.80. The van der Waals surface area contributed by atoms with E-state index < -0.39 is 0 Å². The number of methoxy groups -OCH3 is 1. The lowest BCUT2D eigenvalue weighted by atomic mass is 10.2. The van der Waals surface area contributed by atoms with Crippen LogP contribution < -0.4 is 14.8 Å². The van der Waals surface area contributed by atoms with Crippen LogP contribution in [0.4, 0.5) is 5.69 Å². The first-order chi connectivity index (χ1) is 13.7. The average Bonchev–Trinajstić information content (AvgIpc) is 3.16. The van der Waals surface area contributed by atoms with E-state index in [0.29, 0.717) is 34.2 Å². The number of para-hydroxylation sites is 2. The summed E-state index contributed by atoms with van der Waals surface area (Å²) in [4.78, 5) is 16.6. The maximum Gasteiger partial charge on any atom is 0.262 e. The van der Waals surface area contributed by atoms with Crippen molar-refractivity contribution in [1.29, 1.82) is 0 Å². The molecular weight excluding hydrogens is 356 g/mol. The second-order valence-corrected chi connectivity index (χ2v) is 6.05. The number of rotatable bonds is 6. The van der Waals surface area contributed by atoms with Gasteiger partial charge in [0.15, 0.2) is 12.2 Å². The molecule has 4 aromatic rings. The van der Waals surface area contributed by atoms with E-state index in [1.165, 1.54) is 0 Å². The van der Waals surface area contributed by atoms with Crippen LogP contribution in [-0.4, -0.2) is 24.6 Å². The molecule has 0 atom stereocenters. The summed E-state index contributed by atoms with van der Waals surface area (Å²) in [5.74, 6) is 1.53. The van der Waals surface area contributed by atoms with Crippen molar-refractivity contribution in [2.75, 3.05) is 19.0 Å². The summed E-state index contributed by atoms with van der Waals surface area (Å²) in [6, 6.07) is 22.0. The van der Waals surface area contributed by atoms with Gasteiger partial charge in [0, 0.05) is 11.8 Å². The fourth-order valence-corrected chi connectivity index (χ4v) is 2.80. The van der Waals surface area contributed by atoms with Crippen LogP contribution in [0.1, 0.15) is 0 Å². The second kappa shape index (κ2) is 7.84. The first kappa shape index (κ1) is 17.6. The summed E-state index contributed by atoms with van der Waals surface area (Å²) < 4.78 is 16.7. The maximum atomic E-state index is 12.1. The Morgan fingerprint density at radius 2 is 1.82 bits per heavy atom. The highest BCUT2D eigenvalue weighted by Gasteiger charge is 2.13. The van der Waals surface area contributed by atoms with E-state index in [2.05, 4.69) is 10.3 Å². The highest BCUT2D eigenvalue weighted by Crippen LogP contribution is 2.32. The summed E-state index contributed by atoms with van der Waals surface area (Å²) in [5, 5.41) is 2.80. The highest BCUT2D eigenvalue weighted by atomic mass is 16.5. The van der Waals surface area contributed by atoms with Crippen molar-refractivity contribution < 1.29 is 18.7 Å². The molecule has 1 aromatic heterocycles. The molecule has 1 amide bonds. The lowest BCUT2D eigenvalue weighted by Crippen LogP contribution is -2.20. The Morgan fingerprint density at radius 1 is 1.04 bits per heavy atom. The van der Waals surface area contributed by atoms with Gasteiger partial charge < -0.3 is 19.2 Å². The fraction of sp³-hybridized carbons (Fsp3) is 0.0909. The van der Waals surface area contributed by atoms with E-state index in [9.17, 15) is 4.79 Å². The van der Waals surface area contributed by atoms with Crippen LogP contribution in [0.15, 0.2) is 77.2 Å². The number of benzene rings is 3. The molecule has 6 nitrogen and oxygen atoms in total. The molecule has 3 aromatic carbocycles. The van der Waals surface area contributed by atoms with Gasteiger partial charge in [0.2, 0.25) is 5.89 Å². The Morgan fingerprint density at radius 3 is 2.64 bits per heavy atom. The standard InChI is InChI=1S/C22H18N2O4/c1-26-19-10-6-5-9-17(19)22-24-18-12-11-15(13-20(18)28-22)23-21(25)14-27-16-7-3-2-4-8-16/h2-13H,14H2,1H3,(H,23,25). The van der Waals surface area contributed by atoms with Crippen LogP contribution in [0.2, 0.25) is 0 Å². The van der Waals surface area contributed by atoms with Crippen molar-refractivity contribution in [3.8, 4) is 23.0 Å². The smallest absolute Gasteiger partial charge is 0.262 e. The molecule has 0 aliphatic rings. The molecular formula is C22H18N2O4. The van der Waals surface area contributed by atoms with E-state index in [1.54, 1.807) is 37.4 Å². The largest absolute Gasteiger partial charge is 0.496 e. The van der Waals surface area contributed by atoms with Gasteiger partial charge in [0.05, 0.1) is 12.7 Å². The lowest BCUT2D eigenvalue weighted by molar-refractivity contribution is -0.118. The zero-order valence-electron chi connectivity index (χ0n) is 15.2. The number of carbonyl (C=O) groups excluding carboxylic acids is 1. The zero-order chi connectivity index (χ0) is 19.3. The number of nitrogens with zero attached hydrogens (tertiary/aromatic N) is 1. The van der Waals surface area contributed by atoms with Crippen LogP contribution in [0.25, 0.3) is 22.6 Å². The van der Waals surface area contributed by atoms with Crippen molar-refractivity contribution in [2.45, 2.75) is 0 Å². The van der Waals surface area contributed by atoms with Crippen LogP contribution >= 0.6 is 0 Å². The number of hydrogen-bond donors (Lipinski definition) is 1.